The Bertz CT molecular complexity index is 491. The molecule has 0 saturated carbocycles. The molecule has 0 aromatic carbocycles. The normalized spacial score (nSPS) is 26.2. The average molecular weight is 278 g/mol. The number of likely N-dealkylation sites (tertiary alicyclic amines) is 1. The third-order valence-electron chi connectivity index (χ3n) is 3.76. The maximum atomic E-state index is 12.1. The van der Waals surface area contributed by atoms with E-state index >= 15 is 0 Å². The highest BCUT2D eigenvalue weighted by molar-refractivity contribution is 5.83. The van der Waals surface area contributed by atoms with E-state index < -0.39 is 17.8 Å². The molecule has 0 N–H and O–H groups in total. The Kier molecular flexibility index (Phi) is 4.34. The Balaban J connectivity index is 2.38. The fourth-order valence-electron chi connectivity index (χ4n) is 2.86. The van der Waals surface area contributed by atoms with E-state index in [1.165, 1.54) is 14.2 Å². The van der Waals surface area contributed by atoms with Crippen LogP contribution in [0.15, 0.2) is 24.5 Å². The van der Waals surface area contributed by atoms with Crippen LogP contribution in [0.5, 0.6) is 0 Å². The van der Waals surface area contributed by atoms with Crippen molar-refractivity contribution in [3.8, 4) is 0 Å². The Morgan fingerprint density at radius 2 is 1.80 bits per heavy atom. The van der Waals surface area contributed by atoms with E-state index in [4.69, 9.17) is 9.47 Å². The van der Waals surface area contributed by atoms with Crippen LogP contribution in [0.25, 0.3) is 0 Å². The summed E-state index contributed by atoms with van der Waals surface area (Å²) in [6.07, 6.45) is 3.34. The summed E-state index contributed by atoms with van der Waals surface area (Å²) < 4.78 is 9.68. The van der Waals surface area contributed by atoms with Crippen molar-refractivity contribution in [3.63, 3.8) is 0 Å². The average Bonchev–Trinajstić information content (AvgIpc) is 2.84. The minimum Gasteiger partial charge on any atom is -0.469 e. The molecule has 1 aliphatic rings. The van der Waals surface area contributed by atoms with E-state index in [1.54, 1.807) is 12.4 Å². The standard InChI is InChI=1S/C14H18N2O4/c1-16-8-10(13(17)19-2)11(14(18)20-3)12(16)9-4-6-15-7-5-9/h4-7,10-12H,8H2,1-3H3. The van der Waals surface area contributed by atoms with E-state index in [1.807, 2.05) is 24.1 Å². The molecule has 0 spiro atoms. The molecule has 2 heterocycles. The van der Waals surface area contributed by atoms with Crippen molar-refractivity contribution in [2.45, 2.75) is 6.04 Å². The summed E-state index contributed by atoms with van der Waals surface area (Å²) >= 11 is 0. The van der Waals surface area contributed by atoms with Crippen LogP contribution < -0.4 is 0 Å². The molecule has 20 heavy (non-hydrogen) atoms. The number of rotatable bonds is 3. The third-order valence-corrected chi connectivity index (χ3v) is 3.76. The van der Waals surface area contributed by atoms with E-state index in [9.17, 15) is 9.59 Å². The summed E-state index contributed by atoms with van der Waals surface area (Å²) in [4.78, 5) is 29.9. The van der Waals surface area contributed by atoms with Crippen molar-refractivity contribution in [1.82, 2.24) is 9.88 Å². The van der Waals surface area contributed by atoms with Gasteiger partial charge in [-0.1, -0.05) is 0 Å². The lowest BCUT2D eigenvalue weighted by Crippen LogP contribution is -2.31. The molecule has 2 rings (SSSR count). The number of hydrogen-bond acceptors (Lipinski definition) is 6. The molecule has 1 aromatic rings. The Hall–Kier alpha value is -1.95. The van der Waals surface area contributed by atoms with Gasteiger partial charge in [0.25, 0.3) is 0 Å². The first kappa shape index (κ1) is 14.5. The van der Waals surface area contributed by atoms with E-state index in [0.29, 0.717) is 6.54 Å². The SMILES string of the molecule is COC(=O)C1CN(C)C(c2ccncc2)C1C(=O)OC. The van der Waals surface area contributed by atoms with Gasteiger partial charge >= 0.3 is 11.9 Å². The Morgan fingerprint density at radius 1 is 1.20 bits per heavy atom. The van der Waals surface area contributed by atoms with Crippen molar-refractivity contribution < 1.29 is 19.1 Å². The number of nitrogens with zero attached hydrogens (tertiary/aromatic N) is 2. The topological polar surface area (TPSA) is 68.7 Å². The second kappa shape index (κ2) is 6.00. The first-order chi connectivity index (χ1) is 9.60. The molecular formula is C14H18N2O4. The highest BCUT2D eigenvalue weighted by Gasteiger charge is 2.49. The van der Waals surface area contributed by atoms with Gasteiger partial charge in [-0.3, -0.25) is 19.5 Å². The van der Waals surface area contributed by atoms with Gasteiger partial charge in [-0.05, 0) is 24.7 Å². The zero-order chi connectivity index (χ0) is 14.7. The fraction of sp³-hybridized carbons (Fsp3) is 0.500. The lowest BCUT2D eigenvalue weighted by molar-refractivity contribution is -0.156. The van der Waals surface area contributed by atoms with Crippen molar-refractivity contribution in [3.05, 3.63) is 30.1 Å². The molecule has 1 fully saturated rings. The maximum absolute atomic E-state index is 12.1. The molecule has 1 aliphatic heterocycles. The van der Waals surface area contributed by atoms with Crippen molar-refractivity contribution in [2.75, 3.05) is 27.8 Å². The second-order valence-electron chi connectivity index (χ2n) is 4.84. The smallest absolute Gasteiger partial charge is 0.311 e. The highest BCUT2D eigenvalue weighted by atomic mass is 16.5. The van der Waals surface area contributed by atoms with Crippen LogP contribution in [0, 0.1) is 11.8 Å². The quantitative estimate of drug-likeness (QED) is 0.756. The summed E-state index contributed by atoms with van der Waals surface area (Å²) in [5, 5.41) is 0. The molecule has 1 saturated heterocycles. The Labute approximate surface area is 117 Å². The number of hydrogen-bond donors (Lipinski definition) is 0. The van der Waals surface area contributed by atoms with Crippen molar-refractivity contribution >= 4 is 11.9 Å². The van der Waals surface area contributed by atoms with E-state index in [2.05, 4.69) is 4.98 Å². The summed E-state index contributed by atoms with van der Waals surface area (Å²) in [7, 11) is 4.54. The molecule has 6 heteroatoms. The number of ether oxygens (including phenoxy) is 2. The lowest BCUT2D eigenvalue weighted by Gasteiger charge is -2.24. The number of esters is 2. The number of methoxy groups -OCH3 is 2. The summed E-state index contributed by atoms with van der Waals surface area (Å²) in [5.74, 6) is -1.87. The lowest BCUT2D eigenvalue weighted by atomic mass is 9.87. The first-order valence-corrected chi connectivity index (χ1v) is 6.36. The molecule has 0 amide bonds. The van der Waals surface area contributed by atoms with Crippen molar-refractivity contribution in [1.29, 1.82) is 0 Å². The fourth-order valence-corrected chi connectivity index (χ4v) is 2.86. The van der Waals surface area contributed by atoms with Gasteiger partial charge in [0.2, 0.25) is 0 Å². The molecule has 3 atom stereocenters. The zero-order valence-corrected chi connectivity index (χ0v) is 11.8. The largest absolute Gasteiger partial charge is 0.469 e. The van der Waals surface area contributed by atoms with Crippen LogP contribution in [-0.4, -0.2) is 49.6 Å². The van der Waals surface area contributed by atoms with Crippen LogP contribution in [-0.2, 0) is 19.1 Å². The third kappa shape index (κ3) is 2.51. The van der Waals surface area contributed by atoms with Crippen molar-refractivity contribution in [2.24, 2.45) is 11.8 Å². The van der Waals surface area contributed by atoms with Gasteiger partial charge in [0, 0.05) is 25.0 Å². The monoisotopic (exact) mass is 278 g/mol. The number of pyridine rings is 1. The van der Waals surface area contributed by atoms with E-state index in [0.717, 1.165) is 5.56 Å². The zero-order valence-electron chi connectivity index (χ0n) is 11.8. The van der Waals surface area contributed by atoms with Gasteiger partial charge in [-0.15, -0.1) is 0 Å². The summed E-state index contributed by atoms with van der Waals surface area (Å²) in [6, 6.07) is 3.47. The van der Waals surface area contributed by atoms with Crippen LogP contribution in [0.1, 0.15) is 11.6 Å². The van der Waals surface area contributed by atoms with E-state index in [-0.39, 0.29) is 12.0 Å². The number of carbonyl (C=O) groups is 2. The van der Waals surface area contributed by atoms with Crippen LogP contribution in [0.3, 0.4) is 0 Å². The molecule has 3 unspecified atom stereocenters. The number of carbonyl (C=O) groups excluding carboxylic acids is 2. The minimum absolute atomic E-state index is 0.213. The highest BCUT2D eigenvalue weighted by Crippen LogP contribution is 2.40. The summed E-state index contributed by atoms with van der Waals surface area (Å²) in [5.41, 5.74) is 0.935. The maximum Gasteiger partial charge on any atom is 0.311 e. The molecule has 108 valence electrons. The van der Waals surface area contributed by atoms with Gasteiger partial charge in [-0.2, -0.15) is 0 Å². The van der Waals surface area contributed by atoms with Gasteiger partial charge in [0.1, 0.15) is 0 Å². The predicted octanol–water partition coefficient (Wildman–Crippen LogP) is 0.646. The predicted molar refractivity (Wildman–Crippen MR) is 70.6 cm³/mol. The van der Waals surface area contributed by atoms with Gasteiger partial charge in [-0.25, -0.2) is 0 Å². The molecule has 0 radical (unpaired) electrons. The minimum atomic E-state index is -0.570. The molecule has 0 bridgehead atoms. The Morgan fingerprint density at radius 3 is 2.35 bits per heavy atom. The number of aromatic nitrogens is 1. The second-order valence-corrected chi connectivity index (χ2v) is 4.84. The molecule has 1 aromatic heterocycles. The molecule has 6 nitrogen and oxygen atoms in total. The van der Waals surface area contributed by atoms with Gasteiger partial charge in [0.15, 0.2) is 0 Å². The van der Waals surface area contributed by atoms with Crippen LogP contribution in [0.4, 0.5) is 0 Å². The first-order valence-electron chi connectivity index (χ1n) is 6.36. The van der Waals surface area contributed by atoms with Gasteiger partial charge in [0.05, 0.1) is 26.1 Å². The molecular weight excluding hydrogens is 260 g/mol. The van der Waals surface area contributed by atoms with Crippen LogP contribution in [0.2, 0.25) is 0 Å². The molecule has 0 aliphatic carbocycles. The summed E-state index contributed by atoms with van der Waals surface area (Å²) in [6.45, 7) is 0.458. The van der Waals surface area contributed by atoms with Crippen LogP contribution >= 0.6 is 0 Å². The van der Waals surface area contributed by atoms with Gasteiger partial charge < -0.3 is 9.47 Å².